The molecule has 0 radical (unpaired) electrons. The fourth-order valence-electron chi connectivity index (χ4n) is 2.49. The smallest absolute Gasteiger partial charge is 0.232 e. The highest BCUT2D eigenvalue weighted by Gasteiger charge is 2.21. The molecular formula is C15H16BrFN4O. The predicted octanol–water partition coefficient (Wildman–Crippen LogP) is 2.71. The van der Waals surface area contributed by atoms with Gasteiger partial charge in [-0.05, 0) is 28.1 Å². The first kappa shape index (κ1) is 15.0. The average Bonchev–Trinajstić information content (AvgIpc) is 2.56. The molecule has 0 bridgehead atoms. The van der Waals surface area contributed by atoms with Crippen molar-refractivity contribution in [3.63, 3.8) is 0 Å². The molecule has 1 aliphatic rings. The van der Waals surface area contributed by atoms with Gasteiger partial charge in [-0.1, -0.05) is 12.1 Å². The number of nitrogens with zero attached hydrogens (tertiary/aromatic N) is 4. The highest BCUT2D eigenvalue weighted by Crippen LogP contribution is 2.25. The summed E-state index contributed by atoms with van der Waals surface area (Å²) in [4.78, 5) is 12.8. The molecule has 22 heavy (non-hydrogen) atoms. The van der Waals surface area contributed by atoms with Crippen LogP contribution < -0.4 is 14.5 Å². The van der Waals surface area contributed by atoms with Crippen molar-refractivity contribution >= 4 is 27.6 Å². The molecule has 2 aromatic rings. The van der Waals surface area contributed by atoms with Crippen LogP contribution in [0, 0.1) is 5.82 Å². The quantitative estimate of drug-likeness (QED) is 0.835. The number of hydrogen-bond acceptors (Lipinski definition) is 5. The standard InChI is InChI=1S/C15H16BrFN4O/c1-22-14-11(16)10-18-15(19-14)21-8-6-20(7-9-21)13-5-3-2-4-12(13)17/h2-5,10H,6-9H2,1H3. The van der Waals surface area contributed by atoms with Crippen LogP contribution in [0.4, 0.5) is 16.0 Å². The van der Waals surface area contributed by atoms with Crippen LogP contribution in [0.1, 0.15) is 0 Å². The Bertz CT molecular complexity index is 662. The van der Waals surface area contributed by atoms with E-state index < -0.39 is 0 Å². The van der Waals surface area contributed by atoms with E-state index in [1.165, 1.54) is 6.07 Å². The van der Waals surface area contributed by atoms with Gasteiger partial charge in [0.05, 0.1) is 23.5 Å². The molecule has 1 aliphatic heterocycles. The molecule has 1 aromatic carbocycles. The number of benzene rings is 1. The van der Waals surface area contributed by atoms with E-state index in [0.29, 0.717) is 17.5 Å². The molecular weight excluding hydrogens is 351 g/mol. The minimum atomic E-state index is -0.183. The normalized spacial score (nSPS) is 15.0. The fourth-order valence-corrected chi connectivity index (χ4v) is 2.85. The van der Waals surface area contributed by atoms with E-state index in [2.05, 4.69) is 30.8 Å². The predicted molar refractivity (Wildman–Crippen MR) is 87.1 cm³/mol. The third-order valence-electron chi connectivity index (χ3n) is 3.65. The van der Waals surface area contributed by atoms with Crippen molar-refractivity contribution in [2.75, 3.05) is 43.1 Å². The molecule has 0 aliphatic carbocycles. The van der Waals surface area contributed by atoms with Gasteiger partial charge in [0.25, 0.3) is 0 Å². The molecule has 7 heteroatoms. The minimum Gasteiger partial charge on any atom is -0.480 e. The van der Waals surface area contributed by atoms with Gasteiger partial charge in [-0.25, -0.2) is 9.37 Å². The third kappa shape index (κ3) is 2.99. The van der Waals surface area contributed by atoms with Gasteiger partial charge in [-0.15, -0.1) is 0 Å². The van der Waals surface area contributed by atoms with E-state index in [9.17, 15) is 4.39 Å². The maximum Gasteiger partial charge on any atom is 0.232 e. The summed E-state index contributed by atoms with van der Waals surface area (Å²) in [5, 5.41) is 0. The number of rotatable bonds is 3. The maximum atomic E-state index is 13.8. The Kier molecular flexibility index (Phi) is 4.42. The van der Waals surface area contributed by atoms with Crippen LogP contribution in [-0.4, -0.2) is 43.3 Å². The van der Waals surface area contributed by atoms with E-state index >= 15 is 0 Å². The second kappa shape index (κ2) is 6.48. The van der Waals surface area contributed by atoms with Crippen LogP contribution >= 0.6 is 15.9 Å². The first-order valence-electron chi connectivity index (χ1n) is 7.00. The lowest BCUT2D eigenvalue weighted by atomic mass is 10.2. The summed E-state index contributed by atoms with van der Waals surface area (Å²) in [6.07, 6.45) is 1.68. The molecule has 1 saturated heterocycles. The zero-order valence-electron chi connectivity index (χ0n) is 12.2. The first-order valence-corrected chi connectivity index (χ1v) is 7.79. The largest absolute Gasteiger partial charge is 0.480 e. The number of para-hydroxylation sites is 1. The molecule has 0 saturated carbocycles. The fraction of sp³-hybridized carbons (Fsp3) is 0.333. The van der Waals surface area contributed by atoms with E-state index in [4.69, 9.17) is 4.74 Å². The van der Waals surface area contributed by atoms with Crippen LogP contribution in [0.2, 0.25) is 0 Å². The Balaban J connectivity index is 1.71. The second-order valence-electron chi connectivity index (χ2n) is 4.95. The summed E-state index contributed by atoms with van der Waals surface area (Å²) < 4.78 is 19.8. The summed E-state index contributed by atoms with van der Waals surface area (Å²) in [6, 6.07) is 6.86. The number of methoxy groups -OCH3 is 1. The Morgan fingerprint density at radius 3 is 2.50 bits per heavy atom. The van der Waals surface area contributed by atoms with E-state index in [1.54, 1.807) is 19.4 Å². The molecule has 1 aromatic heterocycles. The van der Waals surface area contributed by atoms with Gasteiger partial charge in [0.2, 0.25) is 11.8 Å². The third-order valence-corrected chi connectivity index (χ3v) is 4.19. The Labute approximate surface area is 136 Å². The first-order chi connectivity index (χ1) is 10.7. The summed E-state index contributed by atoms with van der Waals surface area (Å²) in [7, 11) is 1.58. The van der Waals surface area contributed by atoms with Crippen LogP contribution in [0.25, 0.3) is 0 Å². The molecule has 0 atom stereocenters. The molecule has 1 fully saturated rings. The topological polar surface area (TPSA) is 41.5 Å². The van der Waals surface area contributed by atoms with Gasteiger partial charge >= 0.3 is 0 Å². The van der Waals surface area contributed by atoms with Crippen molar-refractivity contribution in [1.29, 1.82) is 0 Å². The van der Waals surface area contributed by atoms with Gasteiger partial charge in [0.1, 0.15) is 5.82 Å². The number of hydrogen-bond donors (Lipinski definition) is 0. The molecule has 0 spiro atoms. The monoisotopic (exact) mass is 366 g/mol. The number of aromatic nitrogens is 2. The van der Waals surface area contributed by atoms with Crippen LogP contribution in [0.5, 0.6) is 5.88 Å². The van der Waals surface area contributed by atoms with Crippen molar-refractivity contribution in [3.8, 4) is 5.88 Å². The summed E-state index contributed by atoms with van der Waals surface area (Å²) in [5.74, 6) is 0.965. The molecule has 2 heterocycles. The van der Waals surface area contributed by atoms with E-state index in [0.717, 1.165) is 30.7 Å². The molecule has 5 nitrogen and oxygen atoms in total. The van der Waals surface area contributed by atoms with Gasteiger partial charge in [0.15, 0.2) is 0 Å². The van der Waals surface area contributed by atoms with Crippen LogP contribution in [-0.2, 0) is 0 Å². The van der Waals surface area contributed by atoms with Crippen molar-refractivity contribution < 1.29 is 9.13 Å². The molecule has 0 N–H and O–H groups in total. The van der Waals surface area contributed by atoms with Crippen LogP contribution in [0.3, 0.4) is 0 Å². The van der Waals surface area contributed by atoms with E-state index in [-0.39, 0.29) is 5.82 Å². The highest BCUT2D eigenvalue weighted by atomic mass is 79.9. The van der Waals surface area contributed by atoms with Crippen molar-refractivity contribution in [2.24, 2.45) is 0 Å². The summed E-state index contributed by atoms with van der Waals surface area (Å²) >= 11 is 3.34. The lowest BCUT2D eigenvalue weighted by molar-refractivity contribution is 0.393. The summed E-state index contributed by atoms with van der Waals surface area (Å²) in [6.45, 7) is 2.92. The van der Waals surface area contributed by atoms with Crippen molar-refractivity contribution in [2.45, 2.75) is 0 Å². The zero-order chi connectivity index (χ0) is 15.5. The SMILES string of the molecule is COc1nc(N2CCN(c3ccccc3F)CC2)ncc1Br. The minimum absolute atomic E-state index is 0.183. The second-order valence-corrected chi connectivity index (χ2v) is 5.81. The maximum absolute atomic E-state index is 13.8. The Morgan fingerprint density at radius 2 is 1.82 bits per heavy atom. The van der Waals surface area contributed by atoms with Crippen molar-refractivity contribution in [1.82, 2.24) is 9.97 Å². The molecule has 116 valence electrons. The lowest BCUT2D eigenvalue weighted by Crippen LogP contribution is -2.47. The summed E-state index contributed by atoms with van der Waals surface area (Å²) in [5.41, 5.74) is 0.649. The number of piperazine rings is 1. The van der Waals surface area contributed by atoms with E-state index in [1.807, 2.05) is 17.0 Å². The van der Waals surface area contributed by atoms with Gasteiger partial charge < -0.3 is 14.5 Å². The van der Waals surface area contributed by atoms with Gasteiger partial charge in [0, 0.05) is 26.2 Å². The Morgan fingerprint density at radius 1 is 1.14 bits per heavy atom. The molecule has 3 rings (SSSR count). The van der Waals surface area contributed by atoms with Crippen LogP contribution in [0.15, 0.2) is 34.9 Å². The van der Waals surface area contributed by atoms with Gasteiger partial charge in [-0.2, -0.15) is 4.98 Å². The lowest BCUT2D eigenvalue weighted by Gasteiger charge is -2.36. The number of ether oxygens (including phenoxy) is 1. The highest BCUT2D eigenvalue weighted by molar-refractivity contribution is 9.10. The zero-order valence-corrected chi connectivity index (χ0v) is 13.8. The average molecular weight is 367 g/mol. The molecule has 0 unspecified atom stereocenters. The molecule has 0 amide bonds. The number of anilines is 2. The number of halogens is 2. The van der Waals surface area contributed by atoms with Gasteiger partial charge in [-0.3, -0.25) is 0 Å². The van der Waals surface area contributed by atoms with Crippen molar-refractivity contribution in [3.05, 3.63) is 40.8 Å². The Hall–Kier alpha value is -1.89.